The smallest absolute Gasteiger partial charge is 0.115 e. The highest BCUT2D eigenvalue weighted by Crippen LogP contribution is 2.20. The molecule has 0 saturated carbocycles. The van der Waals surface area contributed by atoms with E-state index in [1.807, 2.05) is 30.3 Å². The SMILES string of the molecule is C[C@H](Nc1ccc(O)cc1)c1ccccc1. The second-order valence-electron chi connectivity index (χ2n) is 3.82. The summed E-state index contributed by atoms with van der Waals surface area (Å²) in [6.07, 6.45) is 0. The van der Waals surface area contributed by atoms with Crippen LogP contribution in [0.2, 0.25) is 0 Å². The summed E-state index contributed by atoms with van der Waals surface area (Å²) in [6, 6.07) is 17.6. The number of anilines is 1. The largest absolute Gasteiger partial charge is 0.508 e. The monoisotopic (exact) mass is 213 g/mol. The number of aromatic hydroxyl groups is 1. The minimum absolute atomic E-state index is 0.255. The van der Waals surface area contributed by atoms with E-state index in [2.05, 4.69) is 24.4 Å². The fourth-order valence-corrected chi connectivity index (χ4v) is 1.63. The molecule has 2 aromatic carbocycles. The first-order chi connectivity index (χ1) is 7.75. The average molecular weight is 213 g/mol. The second kappa shape index (κ2) is 4.71. The van der Waals surface area contributed by atoms with Gasteiger partial charge in [-0.25, -0.2) is 0 Å². The van der Waals surface area contributed by atoms with Crippen LogP contribution < -0.4 is 5.32 Å². The molecule has 0 aliphatic carbocycles. The first-order valence-electron chi connectivity index (χ1n) is 5.36. The molecule has 0 aliphatic rings. The topological polar surface area (TPSA) is 32.3 Å². The third-order valence-corrected chi connectivity index (χ3v) is 2.55. The molecular formula is C14H15NO. The number of hydrogen-bond acceptors (Lipinski definition) is 2. The van der Waals surface area contributed by atoms with E-state index in [4.69, 9.17) is 0 Å². The average Bonchev–Trinajstić information content (AvgIpc) is 2.33. The molecule has 0 amide bonds. The van der Waals surface area contributed by atoms with Crippen molar-refractivity contribution in [2.24, 2.45) is 0 Å². The van der Waals surface area contributed by atoms with Crippen LogP contribution in [0.3, 0.4) is 0 Å². The lowest BCUT2D eigenvalue weighted by Crippen LogP contribution is -2.05. The van der Waals surface area contributed by atoms with Crippen LogP contribution in [-0.4, -0.2) is 5.11 Å². The van der Waals surface area contributed by atoms with Crippen molar-refractivity contribution in [3.63, 3.8) is 0 Å². The third kappa shape index (κ3) is 2.54. The Bertz CT molecular complexity index is 436. The highest BCUT2D eigenvalue weighted by atomic mass is 16.3. The van der Waals surface area contributed by atoms with Gasteiger partial charge in [-0.3, -0.25) is 0 Å². The van der Waals surface area contributed by atoms with Crippen molar-refractivity contribution in [2.75, 3.05) is 5.32 Å². The van der Waals surface area contributed by atoms with Gasteiger partial charge in [-0.15, -0.1) is 0 Å². The molecule has 0 bridgehead atoms. The summed E-state index contributed by atoms with van der Waals surface area (Å²) in [5, 5.41) is 12.6. The number of rotatable bonds is 3. The number of phenolic OH excluding ortho intramolecular Hbond substituents is 1. The summed E-state index contributed by atoms with van der Waals surface area (Å²) in [7, 11) is 0. The fourth-order valence-electron chi connectivity index (χ4n) is 1.63. The lowest BCUT2D eigenvalue weighted by Gasteiger charge is -2.15. The van der Waals surface area contributed by atoms with Gasteiger partial charge in [-0.05, 0) is 36.8 Å². The molecular weight excluding hydrogens is 198 g/mol. The van der Waals surface area contributed by atoms with Crippen molar-refractivity contribution in [1.29, 1.82) is 0 Å². The van der Waals surface area contributed by atoms with Crippen molar-refractivity contribution in [1.82, 2.24) is 0 Å². The van der Waals surface area contributed by atoms with Crippen LogP contribution in [0.4, 0.5) is 5.69 Å². The summed E-state index contributed by atoms with van der Waals surface area (Å²) in [5.41, 5.74) is 2.25. The maximum absolute atomic E-state index is 9.18. The quantitative estimate of drug-likeness (QED) is 0.764. The van der Waals surface area contributed by atoms with Gasteiger partial charge in [0.15, 0.2) is 0 Å². The predicted molar refractivity (Wildman–Crippen MR) is 66.6 cm³/mol. The van der Waals surface area contributed by atoms with Crippen molar-refractivity contribution < 1.29 is 5.11 Å². The summed E-state index contributed by atoms with van der Waals surface area (Å²) in [6.45, 7) is 2.11. The van der Waals surface area contributed by atoms with Gasteiger partial charge >= 0.3 is 0 Å². The molecule has 2 rings (SSSR count). The van der Waals surface area contributed by atoms with E-state index in [1.165, 1.54) is 5.56 Å². The highest BCUT2D eigenvalue weighted by Gasteiger charge is 2.03. The Morgan fingerprint density at radius 1 is 0.938 bits per heavy atom. The van der Waals surface area contributed by atoms with Gasteiger partial charge in [0.25, 0.3) is 0 Å². The van der Waals surface area contributed by atoms with Gasteiger partial charge in [0, 0.05) is 11.7 Å². The summed E-state index contributed by atoms with van der Waals surface area (Å²) < 4.78 is 0. The van der Waals surface area contributed by atoms with E-state index in [-0.39, 0.29) is 11.8 Å². The van der Waals surface area contributed by atoms with Crippen molar-refractivity contribution >= 4 is 5.69 Å². The summed E-state index contributed by atoms with van der Waals surface area (Å²) in [4.78, 5) is 0. The van der Waals surface area contributed by atoms with Crippen LogP contribution >= 0.6 is 0 Å². The van der Waals surface area contributed by atoms with E-state index < -0.39 is 0 Å². The molecule has 0 fully saturated rings. The Kier molecular flexibility index (Phi) is 3.10. The highest BCUT2D eigenvalue weighted by molar-refractivity contribution is 5.47. The number of nitrogens with one attached hydrogen (secondary N) is 1. The molecule has 0 unspecified atom stereocenters. The van der Waals surface area contributed by atoms with Gasteiger partial charge in [0.2, 0.25) is 0 Å². The van der Waals surface area contributed by atoms with E-state index in [9.17, 15) is 5.11 Å². The van der Waals surface area contributed by atoms with Crippen LogP contribution in [0.5, 0.6) is 5.75 Å². The van der Waals surface area contributed by atoms with E-state index in [1.54, 1.807) is 12.1 Å². The number of benzene rings is 2. The van der Waals surface area contributed by atoms with E-state index in [0.717, 1.165) is 5.69 Å². The van der Waals surface area contributed by atoms with Gasteiger partial charge in [-0.1, -0.05) is 30.3 Å². The zero-order chi connectivity index (χ0) is 11.4. The molecule has 82 valence electrons. The molecule has 16 heavy (non-hydrogen) atoms. The molecule has 2 N–H and O–H groups in total. The minimum Gasteiger partial charge on any atom is -0.508 e. The zero-order valence-electron chi connectivity index (χ0n) is 9.22. The molecule has 0 aromatic heterocycles. The van der Waals surface area contributed by atoms with Gasteiger partial charge in [-0.2, -0.15) is 0 Å². The van der Waals surface area contributed by atoms with Crippen LogP contribution in [0.1, 0.15) is 18.5 Å². The zero-order valence-corrected chi connectivity index (χ0v) is 9.22. The molecule has 2 nitrogen and oxygen atoms in total. The normalized spacial score (nSPS) is 12.1. The Hall–Kier alpha value is -1.96. The minimum atomic E-state index is 0.255. The van der Waals surface area contributed by atoms with E-state index >= 15 is 0 Å². The van der Waals surface area contributed by atoms with Crippen LogP contribution in [0.25, 0.3) is 0 Å². The maximum Gasteiger partial charge on any atom is 0.115 e. The first-order valence-corrected chi connectivity index (χ1v) is 5.36. The van der Waals surface area contributed by atoms with Crippen LogP contribution in [-0.2, 0) is 0 Å². The van der Waals surface area contributed by atoms with Crippen LogP contribution in [0, 0.1) is 0 Å². The molecule has 0 aliphatic heterocycles. The van der Waals surface area contributed by atoms with Crippen LogP contribution in [0.15, 0.2) is 54.6 Å². The van der Waals surface area contributed by atoms with Crippen molar-refractivity contribution in [3.8, 4) is 5.75 Å². The molecule has 0 spiro atoms. The second-order valence-corrected chi connectivity index (χ2v) is 3.82. The van der Waals surface area contributed by atoms with Gasteiger partial charge < -0.3 is 10.4 Å². The number of phenols is 1. The first kappa shape index (κ1) is 10.6. The Labute approximate surface area is 95.6 Å². The van der Waals surface area contributed by atoms with Gasteiger partial charge in [0.05, 0.1) is 0 Å². The molecule has 2 aromatic rings. The molecule has 0 radical (unpaired) electrons. The predicted octanol–water partition coefficient (Wildman–Crippen LogP) is 3.57. The Morgan fingerprint density at radius 3 is 2.19 bits per heavy atom. The number of hydrogen-bond donors (Lipinski definition) is 2. The lowest BCUT2D eigenvalue weighted by atomic mass is 10.1. The molecule has 2 heteroatoms. The van der Waals surface area contributed by atoms with Crippen molar-refractivity contribution in [3.05, 3.63) is 60.2 Å². The molecule has 0 heterocycles. The molecule has 0 saturated heterocycles. The third-order valence-electron chi connectivity index (χ3n) is 2.55. The lowest BCUT2D eigenvalue weighted by molar-refractivity contribution is 0.475. The Balaban J connectivity index is 2.08. The fraction of sp³-hybridized carbons (Fsp3) is 0.143. The van der Waals surface area contributed by atoms with Crippen molar-refractivity contribution in [2.45, 2.75) is 13.0 Å². The Morgan fingerprint density at radius 2 is 1.56 bits per heavy atom. The van der Waals surface area contributed by atoms with E-state index in [0.29, 0.717) is 0 Å². The maximum atomic E-state index is 9.18. The summed E-state index contributed by atoms with van der Waals surface area (Å²) in [5.74, 6) is 0.290. The standard InChI is InChI=1S/C14H15NO/c1-11(12-5-3-2-4-6-12)15-13-7-9-14(16)10-8-13/h2-11,15-16H,1H3/t11-/m0/s1. The summed E-state index contributed by atoms with van der Waals surface area (Å²) >= 11 is 0. The van der Waals surface area contributed by atoms with Gasteiger partial charge in [0.1, 0.15) is 5.75 Å². The molecule has 1 atom stereocenters.